The lowest BCUT2D eigenvalue weighted by molar-refractivity contribution is -0.131. The zero-order valence-corrected chi connectivity index (χ0v) is 14.3. The highest BCUT2D eigenvalue weighted by atomic mass is 35.5. The van der Waals surface area contributed by atoms with Gasteiger partial charge < -0.3 is 9.64 Å². The van der Waals surface area contributed by atoms with Crippen LogP contribution in [0.2, 0.25) is 5.02 Å². The SMILES string of the molecule is CC1CCN(Cc2ccccc2)C1=O.COc1cccc(Cl)c1. The van der Waals surface area contributed by atoms with Crippen LogP contribution in [-0.2, 0) is 11.3 Å². The fraction of sp³-hybridized carbons (Fsp3) is 0.316. The second-order valence-corrected chi connectivity index (χ2v) is 6.03. The second-order valence-electron chi connectivity index (χ2n) is 5.60. The Bertz CT molecular complexity index is 630. The van der Waals surface area contributed by atoms with E-state index in [-0.39, 0.29) is 5.92 Å². The standard InChI is InChI=1S/C12H15NO.C7H7ClO/c1-10-7-8-13(12(10)14)9-11-5-3-2-4-6-11;1-9-7-4-2-3-6(8)5-7/h2-6,10H,7-9H2,1H3;2-5H,1H3. The number of carbonyl (C=O) groups excluding carboxylic acids is 1. The van der Waals surface area contributed by atoms with Gasteiger partial charge in [-0.05, 0) is 30.2 Å². The van der Waals surface area contributed by atoms with Crippen molar-refractivity contribution in [1.82, 2.24) is 4.90 Å². The van der Waals surface area contributed by atoms with E-state index in [4.69, 9.17) is 16.3 Å². The predicted octanol–water partition coefficient (Wildman–Crippen LogP) is 4.40. The third-order valence-electron chi connectivity index (χ3n) is 3.81. The van der Waals surface area contributed by atoms with E-state index in [9.17, 15) is 4.79 Å². The molecule has 1 heterocycles. The summed E-state index contributed by atoms with van der Waals surface area (Å²) in [6, 6.07) is 17.4. The van der Waals surface area contributed by atoms with E-state index in [1.807, 2.05) is 48.2 Å². The van der Waals surface area contributed by atoms with Crippen LogP contribution < -0.4 is 4.74 Å². The van der Waals surface area contributed by atoms with Gasteiger partial charge in [0.25, 0.3) is 0 Å². The van der Waals surface area contributed by atoms with Crippen LogP contribution in [0.3, 0.4) is 0 Å². The number of amides is 1. The summed E-state index contributed by atoms with van der Waals surface area (Å²) in [6.07, 6.45) is 1.01. The highest BCUT2D eigenvalue weighted by Crippen LogP contribution is 2.19. The van der Waals surface area contributed by atoms with E-state index < -0.39 is 0 Å². The van der Waals surface area contributed by atoms with Crippen molar-refractivity contribution in [3.63, 3.8) is 0 Å². The van der Waals surface area contributed by atoms with Crippen LogP contribution in [0.5, 0.6) is 5.75 Å². The average Bonchev–Trinajstić information content (AvgIpc) is 2.88. The fourth-order valence-corrected chi connectivity index (χ4v) is 2.63. The first-order valence-electron chi connectivity index (χ1n) is 7.72. The molecule has 0 radical (unpaired) electrons. The number of nitrogens with zero attached hydrogens (tertiary/aromatic N) is 1. The Kier molecular flexibility index (Phi) is 6.48. The number of hydrogen-bond acceptors (Lipinski definition) is 2. The fourth-order valence-electron chi connectivity index (χ4n) is 2.45. The highest BCUT2D eigenvalue weighted by Gasteiger charge is 2.27. The van der Waals surface area contributed by atoms with Crippen LogP contribution in [0.1, 0.15) is 18.9 Å². The molecule has 2 aromatic carbocycles. The van der Waals surface area contributed by atoms with E-state index in [2.05, 4.69) is 12.1 Å². The third kappa shape index (κ3) is 5.29. The normalized spacial score (nSPS) is 16.7. The molecule has 1 unspecified atom stereocenters. The molecule has 1 saturated heterocycles. The Morgan fingerprint density at radius 2 is 1.91 bits per heavy atom. The number of rotatable bonds is 3. The Morgan fingerprint density at radius 1 is 1.17 bits per heavy atom. The molecule has 3 nitrogen and oxygen atoms in total. The van der Waals surface area contributed by atoms with Gasteiger partial charge in [0, 0.05) is 24.0 Å². The van der Waals surface area contributed by atoms with Crippen molar-refractivity contribution in [3.05, 3.63) is 65.2 Å². The van der Waals surface area contributed by atoms with E-state index in [1.54, 1.807) is 13.2 Å². The molecule has 1 amide bonds. The number of halogens is 1. The van der Waals surface area contributed by atoms with Gasteiger partial charge in [0.2, 0.25) is 5.91 Å². The highest BCUT2D eigenvalue weighted by molar-refractivity contribution is 6.30. The Morgan fingerprint density at radius 3 is 2.43 bits per heavy atom. The molecule has 0 aromatic heterocycles. The van der Waals surface area contributed by atoms with E-state index >= 15 is 0 Å². The first kappa shape index (κ1) is 17.4. The van der Waals surface area contributed by atoms with Gasteiger partial charge in [-0.3, -0.25) is 4.79 Å². The van der Waals surface area contributed by atoms with Crippen molar-refractivity contribution in [1.29, 1.82) is 0 Å². The first-order valence-corrected chi connectivity index (χ1v) is 8.10. The van der Waals surface area contributed by atoms with E-state index in [1.165, 1.54) is 5.56 Å². The largest absolute Gasteiger partial charge is 0.497 e. The summed E-state index contributed by atoms with van der Waals surface area (Å²) in [5, 5.41) is 0.703. The minimum atomic E-state index is 0.221. The Hall–Kier alpha value is -2.00. The van der Waals surface area contributed by atoms with Crippen molar-refractivity contribution < 1.29 is 9.53 Å². The molecule has 1 aliphatic heterocycles. The minimum Gasteiger partial charge on any atom is -0.497 e. The molecule has 0 N–H and O–H groups in total. The van der Waals surface area contributed by atoms with E-state index in [0.29, 0.717) is 10.9 Å². The summed E-state index contributed by atoms with van der Waals surface area (Å²) in [7, 11) is 1.62. The quantitative estimate of drug-likeness (QED) is 0.834. The van der Waals surface area contributed by atoms with Crippen LogP contribution in [0.15, 0.2) is 54.6 Å². The maximum atomic E-state index is 11.6. The molecule has 1 fully saturated rings. The molecule has 3 rings (SSSR count). The average molecular weight is 332 g/mol. The van der Waals surface area contributed by atoms with Crippen LogP contribution >= 0.6 is 11.6 Å². The van der Waals surface area contributed by atoms with Crippen molar-refractivity contribution in [2.75, 3.05) is 13.7 Å². The van der Waals surface area contributed by atoms with Gasteiger partial charge in [0.1, 0.15) is 5.75 Å². The molecule has 2 aromatic rings. The molecule has 1 atom stereocenters. The summed E-state index contributed by atoms with van der Waals surface area (Å²) in [5.41, 5.74) is 1.22. The van der Waals surface area contributed by atoms with Gasteiger partial charge in [-0.25, -0.2) is 0 Å². The summed E-state index contributed by atoms with van der Waals surface area (Å²) in [6.45, 7) is 3.69. The minimum absolute atomic E-state index is 0.221. The lowest BCUT2D eigenvalue weighted by Gasteiger charge is -2.15. The predicted molar refractivity (Wildman–Crippen MR) is 93.6 cm³/mol. The van der Waals surface area contributed by atoms with Crippen molar-refractivity contribution in [3.8, 4) is 5.75 Å². The number of methoxy groups -OCH3 is 1. The molecule has 23 heavy (non-hydrogen) atoms. The molecule has 0 aliphatic carbocycles. The van der Waals surface area contributed by atoms with Crippen molar-refractivity contribution in [2.45, 2.75) is 19.9 Å². The molecule has 0 saturated carbocycles. The Balaban J connectivity index is 0.000000185. The number of likely N-dealkylation sites (tertiary alicyclic amines) is 1. The molecular formula is C19H22ClNO2. The number of carbonyl (C=O) groups is 1. The summed E-state index contributed by atoms with van der Waals surface area (Å²) in [5.74, 6) is 1.31. The van der Waals surface area contributed by atoms with Crippen molar-refractivity contribution in [2.24, 2.45) is 5.92 Å². The zero-order chi connectivity index (χ0) is 16.7. The lowest BCUT2D eigenvalue weighted by Crippen LogP contribution is -2.25. The zero-order valence-electron chi connectivity index (χ0n) is 13.5. The van der Waals surface area contributed by atoms with Gasteiger partial charge >= 0.3 is 0 Å². The van der Waals surface area contributed by atoms with Crippen LogP contribution in [0.4, 0.5) is 0 Å². The molecular weight excluding hydrogens is 310 g/mol. The van der Waals surface area contributed by atoms with Gasteiger partial charge in [0.15, 0.2) is 0 Å². The molecule has 0 bridgehead atoms. The lowest BCUT2D eigenvalue weighted by atomic mass is 10.1. The first-order chi connectivity index (χ1) is 11.1. The van der Waals surface area contributed by atoms with Gasteiger partial charge in [0.05, 0.1) is 7.11 Å². The molecule has 122 valence electrons. The second kappa shape index (κ2) is 8.59. The molecule has 4 heteroatoms. The van der Waals surface area contributed by atoms with Crippen LogP contribution in [-0.4, -0.2) is 24.5 Å². The maximum Gasteiger partial charge on any atom is 0.225 e. The molecule has 1 aliphatic rings. The summed E-state index contributed by atoms with van der Waals surface area (Å²) in [4.78, 5) is 13.6. The monoisotopic (exact) mass is 331 g/mol. The van der Waals surface area contributed by atoms with Crippen LogP contribution in [0, 0.1) is 5.92 Å². The van der Waals surface area contributed by atoms with Gasteiger partial charge in [-0.1, -0.05) is 54.9 Å². The number of benzene rings is 2. The van der Waals surface area contributed by atoms with Crippen molar-refractivity contribution >= 4 is 17.5 Å². The number of hydrogen-bond donors (Lipinski definition) is 0. The maximum absolute atomic E-state index is 11.6. The smallest absolute Gasteiger partial charge is 0.225 e. The Labute approximate surface area is 142 Å². The third-order valence-corrected chi connectivity index (χ3v) is 4.05. The molecule has 0 spiro atoms. The van der Waals surface area contributed by atoms with Gasteiger partial charge in [-0.2, -0.15) is 0 Å². The topological polar surface area (TPSA) is 29.5 Å². The van der Waals surface area contributed by atoms with Crippen LogP contribution in [0.25, 0.3) is 0 Å². The summed E-state index contributed by atoms with van der Waals surface area (Å²) < 4.78 is 4.91. The number of ether oxygens (including phenoxy) is 1. The van der Waals surface area contributed by atoms with Gasteiger partial charge in [-0.15, -0.1) is 0 Å². The summed E-state index contributed by atoms with van der Waals surface area (Å²) >= 11 is 5.64. The van der Waals surface area contributed by atoms with E-state index in [0.717, 1.165) is 25.3 Å².